The molecular weight excluding hydrogens is 238 g/mol. The molecule has 19 heavy (non-hydrogen) atoms. The topological polar surface area (TPSA) is 56.1 Å². The molecule has 4 heteroatoms. The third-order valence-corrected chi connectivity index (χ3v) is 2.76. The Balaban J connectivity index is 2.98. The number of nitrogens with zero attached hydrogens (tertiary/aromatic N) is 2. The number of nitrogens with one attached hydrogen (secondary N) is 1. The molecule has 0 radical (unpaired) electrons. The summed E-state index contributed by atoms with van der Waals surface area (Å²) in [5, 5.41) is 11.9. The molecule has 0 saturated carbocycles. The van der Waals surface area contributed by atoms with Gasteiger partial charge in [0.05, 0.1) is 6.07 Å². The van der Waals surface area contributed by atoms with E-state index in [4.69, 9.17) is 5.26 Å². The molecule has 0 saturated heterocycles. The van der Waals surface area contributed by atoms with Crippen LogP contribution < -0.4 is 10.2 Å². The molecule has 1 N–H and O–H groups in total. The van der Waals surface area contributed by atoms with Crippen molar-refractivity contribution < 1.29 is 4.79 Å². The molecule has 1 aromatic carbocycles. The normalized spacial score (nSPS) is 11.2. The van der Waals surface area contributed by atoms with E-state index in [1.807, 2.05) is 36.1 Å². The summed E-state index contributed by atoms with van der Waals surface area (Å²) in [5.74, 6) is -0.0271. The Hall–Kier alpha value is -2.28. The fourth-order valence-electron chi connectivity index (χ4n) is 1.71. The van der Waals surface area contributed by atoms with Crippen molar-refractivity contribution in [3.8, 4) is 6.07 Å². The minimum atomic E-state index is -0.255. The van der Waals surface area contributed by atoms with Gasteiger partial charge in [-0.25, -0.2) is 0 Å². The predicted molar refractivity (Wildman–Crippen MR) is 78.0 cm³/mol. The fraction of sp³-hybridized carbons (Fsp3) is 0.333. The van der Waals surface area contributed by atoms with Crippen molar-refractivity contribution in [3.05, 3.63) is 36.9 Å². The molecule has 0 aromatic heterocycles. The van der Waals surface area contributed by atoms with E-state index in [1.54, 1.807) is 13.0 Å². The summed E-state index contributed by atoms with van der Waals surface area (Å²) < 4.78 is 0. The lowest BCUT2D eigenvalue weighted by Gasteiger charge is -2.26. The summed E-state index contributed by atoms with van der Waals surface area (Å²) in [4.78, 5) is 13.3. The van der Waals surface area contributed by atoms with Gasteiger partial charge in [0, 0.05) is 24.3 Å². The second-order valence-corrected chi connectivity index (χ2v) is 4.20. The first kappa shape index (κ1) is 14.8. The maximum atomic E-state index is 11.4. The van der Waals surface area contributed by atoms with Crippen LogP contribution in [-0.4, -0.2) is 18.5 Å². The van der Waals surface area contributed by atoms with Crippen LogP contribution in [0.2, 0.25) is 0 Å². The van der Waals surface area contributed by atoms with Gasteiger partial charge in [0.25, 0.3) is 0 Å². The third-order valence-electron chi connectivity index (χ3n) is 2.76. The van der Waals surface area contributed by atoms with Crippen LogP contribution in [-0.2, 0) is 4.79 Å². The van der Waals surface area contributed by atoms with Gasteiger partial charge in [0.1, 0.15) is 6.04 Å². The maximum Gasteiger partial charge on any atom is 0.224 e. The number of anilines is 2. The standard InChI is InChI=1S/C15H19N3O/c1-4-9-18(12(3)11-16)14-8-6-7-13(10-14)17-15(19)5-2/h4,6-8,10,12H,1,5,9H2,2-3H3,(H,17,19). The Morgan fingerprint density at radius 2 is 2.37 bits per heavy atom. The molecule has 1 atom stereocenters. The van der Waals surface area contributed by atoms with Crippen LogP contribution in [0.25, 0.3) is 0 Å². The second kappa shape index (κ2) is 7.22. The van der Waals surface area contributed by atoms with Crippen LogP contribution in [0.5, 0.6) is 0 Å². The van der Waals surface area contributed by atoms with Gasteiger partial charge in [0.2, 0.25) is 5.91 Å². The Kier molecular flexibility index (Phi) is 5.62. The lowest BCUT2D eigenvalue weighted by Crippen LogP contribution is -2.32. The van der Waals surface area contributed by atoms with E-state index in [2.05, 4.69) is 18.0 Å². The minimum Gasteiger partial charge on any atom is -0.352 e. The number of amides is 1. The molecule has 1 rings (SSSR count). The molecule has 100 valence electrons. The zero-order valence-corrected chi connectivity index (χ0v) is 11.4. The van der Waals surface area contributed by atoms with Crippen LogP contribution in [0.1, 0.15) is 20.3 Å². The number of carbonyl (C=O) groups is 1. The van der Waals surface area contributed by atoms with E-state index in [0.29, 0.717) is 13.0 Å². The number of carbonyl (C=O) groups excluding carboxylic acids is 1. The average molecular weight is 257 g/mol. The Bertz CT molecular complexity index is 490. The van der Waals surface area contributed by atoms with Gasteiger partial charge in [-0.3, -0.25) is 4.79 Å². The highest BCUT2D eigenvalue weighted by Crippen LogP contribution is 2.21. The van der Waals surface area contributed by atoms with E-state index in [9.17, 15) is 4.79 Å². The molecular formula is C15H19N3O. The number of benzene rings is 1. The largest absolute Gasteiger partial charge is 0.352 e. The molecule has 0 bridgehead atoms. The molecule has 0 spiro atoms. The summed E-state index contributed by atoms with van der Waals surface area (Å²) in [7, 11) is 0. The maximum absolute atomic E-state index is 11.4. The Morgan fingerprint density at radius 3 is 2.95 bits per heavy atom. The number of nitriles is 1. The molecule has 0 heterocycles. The highest BCUT2D eigenvalue weighted by atomic mass is 16.1. The van der Waals surface area contributed by atoms with Crippen molar-refractivity contribution in [3.63, 3.8) is 0 Å². The van der Waals surface area contributed by atoms with Gasteiger partial charge in [-0.1, -0.05) is 19.1 Å². The lowest BCUT2D eigenvalue weighted by atomic mass is 10.2. The fourth-order valence-corrected chi connectivity index (χ4v) is 1.71. The molecule has 4 nitrogen and oxygen atoms in total. The average Bonchev–Trinajstić information content (AvgIpc) is 2.44. The van der Waals surface area contributed by atoms with Crippen LogP contribution in [0.4, 0.5) is 11.4 Å². The van der Waals surface area contributed by atoms with Crippen molar-refractivity contribution in [1.82, 2.24) is 0 Å². The Morgan fingerprint density at radius 1 is 1.63 bits per heavy atom. The first-order valence-electron chi connectivity index (χ1n) is 6.29. The van der Waals surface area contributed by atoms with Gasteiger partial charge in [-0.2, -0.15) is 5.26 Å². The van der Waals surface area contributed by atoms with E-state index in [0.717, 1.165) is 11.4 Å². The molecule has 1 amide bonds. The molecule has 1 unspecified atom stereocenters. The first-order valence-corrected chi connectivity index (χ1v) is 6.29. The summed E-state index contributed by atoms with van der Waals surface area (Å²) >= 11 is 0. The highest BCUT2D eigenvalue weighted by Gasteiger charge is 2.13. The van der Waals surface area contributed by atoms with E-state index in [1.165, 1.54) is 0 Å². The van der Waals surface area contributed by atoms with Gasteiger partial charge in [-0.15, -0.1) is 6.58 Å². The number of hydrogen-bond acceptors (Lipinski definition) is 3. The molecule has 1 aromatic rings. The SMILES string of the molecule is C=CCN(c1cccc(NC(=O)CC)c1)C(C)C#N. The van der Waals surface area contributed by atoms with Crippen LogP contribution in [0.15, 0.2) is 36.9 Å². The van der Waals surface area contributed by atoms with Crippen LogP contribution in [0.3, 0.4) is 0 Å². The summed E-state index contributed by atoms with van der Waals surface area (Å²) in [6.07, 6.45) is 2.19. The Labute approximate surface area is 114 Å². The van der Waals surface area contributed by atoms with E-state index >= 15 is 0 Å². The zero-order chi connectivity index (χ0) is 14.3. The quantitative estimate of drug-likeness (QED) is 0.797. The predicted octanol–water partition coefficient (Wildman–Crippen LogP) is 2.94. The number of hydrogen-bond donors (Lipinski definition) is 1. The van der Waals surface area contributed by atoms with Gasteiger partial charge in [0.15, 0.2) is 0 Å². The summed E-state index contributed by atoms with van der Waals surface area (Å²) in [5.41, 5.74) is 1.63. The smallest absolute Gasteiger partial charge is 0.224 e. The van der Waals surface area contributed by atoms with Crippen molar-refractivity contribution in [2.45, 2.75) is 26.3 Å². The summed E-state index contributed by atoms with van der Waals surface area (Å²) in [6, 6.07) is 9.43. The second-order valence-electron chi connectivity index (χ2n) is 4.20. The van der Waals surface area contributed by atoms with Crippen molar-refractivity contribution in [1.29, 1.82) is 5.26 Å². The molecule has 0 aliphatic carbocycles. The van der Waals surface area contributed by atoms with Crippen LogP contribution >= 0.6 is 0 Å². The minimum absolute atomic E-state index is 0.0271. The van der Waals surface area contributed by atoms with Crippen LogP contribution in [0, 0.1) is 11.3 Å². The lowest BCUT2D eigenvalue weighted by molar-refractivity contribution is -0.115. The van der Waals surface area contributed by atoms with Gasteiger partial charge in [-0.05, 0) is 25.1 Å². The van der Waals surface area contributed by atoms with Gasteiger partial charge >= 0.3 is 0 Å². The zero-order valence-electron chi connectivity index (χ0n) is 11.4. The van der Waals surface area contributed by atoms with Crippen molar-refractivity contribution in [2.24, 2.45) is 0 Å². The van der Waals surface area contributed by atoms with Crippen molar-refractivity contribution in [2.75, 3.05) is 16.8 Å². The number of rotatable bonds is 6. The third kappa shape index (κ3) is 4.14. The van der Waals surface area contributed by atoms with E-state index < -0.39 is 0 Å². The van der Waals surface area contributed by atoms with E-state index in [-0.39, 0.29) is 11.9 Å². The molecule has 0 aliphatic heterocycles. The molecule has 0 aliphatic rings. The van der Waals surface area contributed by atoms with Crippen molar-refractivity contribution >= 4 is 17.3 Å². The summed E-state index contributed by atoms with van der Waals surface area (Å²) in [6.45, 7) is 7.93. The first-order chi connectivity index (χ1) is 9.12. The van der Waals surface area contributed by atoms with Gasteiger partial charge < -0.3 is 10.2 Å². The monoisotopic (exact) mass is 257 g/mol. The molecule has 0 fully saturated rings. The highest BCUT2D eigenvalue weighted by molar-refractivity contribution is 5.91.